The number of carboxylic acid groups (broad SMARTS) is 1. The van der Waals surface area contributed by atoms with Crippen molar-refractivity contribution in [2.24, 2.45) is 5.92 Å². The van der Waals surface area contributed by atoms with Crippen LogP contribution in [0.25, 0.3) is 0 Å². The van der Waals surface area contributed by atoms with Crippen LogP contribution in [0.1, 0.15) is 71.6 Å². The highest BCUT2D eigenvalue weighted by Gasteiger charge is 2.12. The Morgan fingerprint density at radius 1 is 1.06 bits per heavy atom. The van der Waals surface area contributed by atoms with Gasteiger partial charge in [-0.2, -0.15) is 0 Å². The van der Waals surface area contributed by atoms with Crippen LogP contribution < -0.4 is 0 Å². The quantitative estimate of drug-likeness (QED) is 0.416. The molecule has 100 valence electrons. The standard InChI is InChI=1S/C15H28O2/c1-4-5-6-7-8-9-10-11-12-13(2)14(3)15(16)17/h13H,3-12H2,1-2H3,(H,16,17). The topological polar surface area (TPSA) is 37.3 Å². The minimum atomic E-state index is -0.850. The van der Waals surface area contributed by atoms with Gasteiger partial charge in [0.05, 0.1) is 0 Å². The van der Waals surface area contributed by atoms with Crippen molar-refractivity contribution in [3.63, 3.8) is 0 Å². The molecule has 0 saturated heterocycles. The Labute approximate surface area is 106 Å². The van der Waals surface area contributed by atoms with E-state index < -0.39 is 5.97 Å². The molecule has 0 aromatic rings. The molecule has 1 atom stereocenters. The van der Waals surface area contributed by atoms with Gasteiger partial charge in [-0.1, -0.05) is 71.8 Å². The van der Waals surface area contributed by atoms with Gasteiger partial charge in [0, 0.05) is 5.57 Å². The summed E-state index contributed by atoms with van der Waals surface area (Å²) in [7, 11) is 0. The number of carboxylic acids is 1. The molecule has 0 spiro atoms. The van der Waals surface area contributed by atoms with Crippen molar-refractivity contribution in [1.82, 2.24) is 0 Å². The number of hydrogen-bond donors (Lipinski definition) is 1. The third kappa shape index (κ3) is 8.96. The summed E-state index contributed by atoms with van der Waals surface area (Å²) in [5.41, 5.74) is 0.355. The van der Waals surface area contributed by atoms with Crippen LogP contribution >= 0.6 is 0 Å². The zero-order chi connectivity index (χ0) is 13.1. The van der Waals surface area contributed by atoms with Crippen LogP contribution in [-0.2, 0) is 4.79 Å². The molecule has 0 heterocycles. The van der Waals surface area contributed by atoms with Gasteiger partial charge in [0.1, 0.15) is 0 Å². The van der Waals surface area contributed by atoms with E-state index in [4.69, 9.17) is 5.11 Å². The maximum absolute atomic E-state index is 10.7. The molecule has 2 nitrogen and oxygen atoms in total. The van der Waals surface area contributed by atoms with Crippen LogP contribution in [0, 0.1) is 5.92 Å². The lowest BCUT2D eigenvalue weighted by Crippen LogP contribution is -2.08. The average molecular weight is 240 g/mol. The lowest BCUT2D eigenvalue weighted by molar-refractivity contribution is -0.133. The van der Waals surface area contributed by atoms with Crippen LogP contribution in [0.2, 0.25) is 0 Å². The van der Waals surface area contributed by atoms with Crippen molar-refractivity contribution in [2.45, 2.75) is 71.6 Å². The highest BCUT2D eigenvalue weighted by Crippen LogP contribution is 2.18. The number of unbranched alkanes of at least 4 members (excludes halogenated alkanes) is 7. The van der Waals surface area contributed by atoms with Crippen molar-refractivity contribution < 1.29 is 9.90 Å². The van der Waals surface area contributed by atoms with E-state index in [-0.39, 0.29) is 5.92 Å². The minimum absolute atomic E-state index is 0.118. The Morgan fingerprint density at radius 3 is 2.00 bits per heavy atom. The average Bonchev–Trinajstić information content (AvgIpc) is 2.31. The normalized spacial score (nSPS) is 12.4. The third-order valence-corrected chi connectivity index (χ3v) is 3.36. The van der Waals surface area contributed by atoms with Gasteiger partial charge in [-0.25, -0.2) is 4.79 Å². The molecule has 0 fully saturated rings. The summed E-state index contributed by atoms with van der Waals surface area (Å²) in [5, 5.41) is 8.78. The van der Waals surface area contributed by atoms with Gasteiger partial charge < -0.3 is 5.11 Å². The SMILES string of the molecule is C=C(C(=O)O)C(C)CCCCCCCCCC. The van der Waals surface area contributed by atoms with Crippen molar-refractivity contribution in [3.05, 3.63) is 12.2 Å². The summed E-state index contributed by atoms with van der Waals surface area (Å²) in [6.07, 6.45) is 11.3. The Kier molecular flexibility index (Phi) is 9.89. The molecule has 17 heavy (non-hydrogen) atoms. The van der Waals surface area contributed by atoms with Crippen LogP contribution in [0.15, 0.2) is 12.2 Å². The monoisotopic (exact) mass is 240 g/mol. The first kappa shape index (κ1) is 16.2. The van der Waals surface area contributed by atoms with E-state index in [0.29, 0.717) is 5.57 Å². The number of hydrogen-bond acceptors (Lipinski definition) is 1. The summed E-state index contributed by atoms with van der Waals surface area (Å²) in [6, 6.07) is 0. The molecule has 0 aliphatic carbocycles. The van der Waals surface area contributed by atoms with Gasteiger partial charge in [0.2, 0.25) is 0 Å². The minimum Gasteiger partial charge on any atom is -0.478 e. The molecular formula is C15H28O2. The fourth-order valence-corrected chi connectivity index (χ4v) is 1.97. The molecule has 0 aliphatic rings. The Balaban J connectivity index is 3.33. The first-order chi connectivity index (χ1) is 8.09. The number of aliphatic carboxylic acids is 1. The predicted octanol–water partition coefficient (Wildman–Crippen LogP) is 4.79. The van der Waals surface area contributed by atoms with E-state index in [1.807, 2.05) is 6.92 Å². The molecule has 0 bridgehead atoms. The molecule has 2 heteroatoms. The lowest BCUT2D eigenvalue weighted by Gasteiger charge is -2.10. The summed E-state index contributed by atoms with van der Waals surface area (Å²) < 4.78 is 0. The van der Waals surface area contributed by atoms with Gasteiger partial charge >= 0.3 is 5.97 Å². The van der Waals surface area contributed by atoms with E-state index in [2.05, 4.69) is 13.5 Å². The number of rotatable bonds is 11. The van der Waals surface area contributed by atoms with Gasteiger partial charge in [0.15, 0.2) is 0 Å². The van der Waals surface area contributed by atoms with Crippen LogP contribution in [0.3, 0.4) is 0 Å². The Bertz CT molecular complexity index is 221. The molecule has 0 aromatic carbocycles. The highest BCUT2D eigenvalue weighted by molar-refractivity contribution is 5.86. The molecule has 0 saturated carbocycles. The van der Waals surface area contributed by atoms with Crippen LogP contribution in [0.4, 0.5) is 0 Å². The molecule has 1 unspecified atom stereocenters. The summed E-state index contributed by atoms with van der Waals surface area (Å²) in [4.78, 5) is 10.7. The maximum atomic E-state index is 10.7. The molecule has 0 radical (unpaired) electrons. The van der Waals surface area contributed by atoms with Gasteiger partial charge in [-0.3, -0.25) is 0 Å². The number of carbonyl (C=O) groups is 1. The molecule has 0 aliphatic heterocycles. The second-order valence-electron chi connectivity index (χ2n) is 4.99. The summed E-state index contributed by atoms with van der Waals surface area (Å²) in [6.45, 7) is 7.79. The van der Waals surface area contributed by atoms with Crippen molar-refractivity contribution in [2.75, 3.05) is 0 Å². The predicted molar refractivity (Wildman–Crippen MR) is 73.2 cm³/mol. The van der Waals surface area contributed by atoms with E-state index in [0.717, 1.165) is 12.8 Å². The maximum Gasteiger partial charge on any atom is 0.331 e. The zero-order valence-corrected chi connectivity index (χ0v) is 11.5. The van der Waals surface area contributed by atoms with Crippen LogP contribution in [-0.4, -0.2) is 11.1 Å². The fraction of sp³-hybridized carbons (Fsp3) is 0.800. The first-order valence-corrected chi connectivity index (χ1v) is 7.01. The second-order valence-corrected chi connectivity index (χ2v) is 4.99. The van der Waals surface area contributed by atoms with Crippen molar-refractivity contribution in [3.8, 4) is 0 Å². The van der Waals surface area contributed by atoms with Gasteiger partial charge in [-0.15, -0.1) is 0 Å². The third-order valence-electron chi connectivity index (χ3n) is 3.36. The van der Waals surface area contributed by atoms with Gasteiger partial charge in [0.25, 0.3) is 0 Å². The van der Waals surface area contributed by atoms with E-state index in [9.17, 15) is 4.79 Å². The molecule has 1 N–H and O–H groups in total. The lowest BCUT2D eigenvalue weighted by atomic mass is 9.95. The van der Waals surface area contributed by atoms with Crippen LogP contribution in [0.5, 0.6) is 0 Å². The second kappa shape index (κ2) is 10.4. The fourth-order valence-electron chi connectivity index (χ4n) is 1.97. The Hall–Kier alpha value is -0.790. The summed E-state index contributed by atoms with van der Waals surface area (Å²) in [5.74, 6) is -0.732. The van der Waals surface area contributed by atoms with E-state index >= 15 is 0 Å². The van der Waals surface area contributed by atoms with Crippen molar-refractivity contribution >= 4 is 5.97 Å². The summed E-state index contributed by atoms with van der Waals surface area (Å²) >= 11 is 0. The zero-order valence-electron chi connectivity index (χ0n) is 11.5. The molecule has 0 rings (SSSR count). The van der Waals surface area contributed by atoms with Gasteiger partial charge in [-0.05, 0) is 12.3 Å². The van der Waals surface area contributed by atoms with E-state index in [1.54, 1.807) is 0 Å². The molecular weight excluding hydrogens is 212 g/mol. The molecule has 0 amide bonds. The molecule has 0 aromatic heterocycles. The highest BCUT2D eigenvalue weighted by atomic mass is 16.4. The largest absolute Gasteiger partial charge is 0.478 e. The van der Waals surface area contributed by atoms with Crippen molar-refractivity contribution in [1.29, 1.82) is 0 Å². The van der Waals surface area contributed by atoms with E-state index in [1.165, 1.54) is 44.9 Å². The Morgan fingerprint density at radius 2 is 1.53 bits per heavy atom. The first-order valence-electron chi connectivity index (χ1n) is 7.01. The smallest absolute Gasteiger partial charge is 0.331 e.